The minimum atomic E-state index is -0.399. The summed E-state index contributed by atoms with van der Waals surface area (Å²) in [6, 6.07) is 25.6. The lowest BCUT2D eigenvalue weighted by Gasteiger charge is -2.14. The fraction of sp³-hybridized carbons (Fsp3) is 0.0769. The first-order valence-corrected chi connectivity index (χ1v) is 10.1. The highest BCUT2D eigenvalue weighted by Crippen LogP contribution is 2.29. The lowest BCUT2D eigenvalue weighted by molar-refractivity contribution is -0.117. The number of aromatic nitrogens is 1. The number of hydrazine groups is 1. The van der Waals surface area contributed by atoms with Gasteiger partial charge < -0.3 is 4.57 Å². The van der Waals surface area contributed by atoms with E-state index in [9.17, 15) is 9.59 Å². The second-order valence-corrected chi connectivity index (χ2v) is 7.64. The maximum absolute atomic E-state index is 12.9. The molecule has 0 saturated carbocycles. The normalized spacial score (nSPS) is 15.2. The average Bonchev–Trinajstić information content (AvgIpc) is 3.23. The van der Waals surface area contributed by atoms with Crippen LogP contribution in [0.4, 0.5) is 5.69 Å². The van der Waals surface area contributed by atoms with E-state index in [0.717, 1.165) is 33.4 Å². The van der Waals surface area contributed by atoms with Gasteiger partial charge in [0.05, 0.1) is 11.4 Å². The van der Waals surface area contributed by atoms with Gasteiger partial charge in [-0.3, -0.25) is 15.0 Å². The molecule has 152 valence electrons. The van der Waals surface area contributed by atoms with Gasteiger partial charge in [-0.05, 0) is 55.1 Å². The Bertz CT molecular complexity index is 1360. The molecule has 1 aromatic heterocycles. The van der Waals surface area contributed by atoms with Gasteiger partial charge in [-0.25, -0.2) is 5.01 Å². The average molecular weight is 407 g/mol. The fourth-order valence-electron chi connectivity index (χ4n) is 4.18. The zero-order valence-corrected chi connectivity index (χ0v) is 17.3. The third-order valence-electron chi connectivity index (χ3n) is 5.68. The van der Waals surface area contributed by atoms with Gasteiger partial charge in [0, 0.05) is 16.8 Å². The summed E-state index contributed by atoms with van der Waals surface area (Å²) in [7, 11) is 0. The van der Waals surface area contributed by atoms with Gasteiger partial charge in [-0.1, -0.05) is 54.6 Å². The maximum atomic E-state index is 12.9. The van der Waals surface area contributed by atoms with Crippen LogP contribution < -0.4 is 10.4 Å². The van der Waals surface area contributed by atoms with Crippen molar-refractivity contribution in [3.05, 3.63) is 101 Å². The standard InChI is InChI=1S/C26H21N3O2/c1-17-15-20(16-23-25(30)27-29(26(23)31)21-11-4-3-5-12-21)18(2)28(17)24-14-8-10-19-9-6-7-13-22(19)24/h3-16H,1-2H3,(H,27,30)/b23-16-. The molecule has 5 nitrogen and oxygen atoms in total. The molecule has 4 aromatic rings. The van der Waals surface area contributed by atoms with E-state index in [1.165, 1.54) is 5.01 Å². The van der Waals surface area contributed by atoms with E-state index in [1.54, 1.807) is 18.2 Å². The van der Waals surface area contributed by atoms with Crippen molar-refractivity contribution < 1.29 is 9.59 Å². The summed E-state index contributed by atoms with van der Waals surface area (Å²) in [6.45, 7) is 4.04. The molecule has 3 aromatic carbocycles. The Morgan fingerprint density at radius 1 is 0.839 bits per heavy atom. The first-order chi connectivity index (χ1) is 15.0. The molecule has 1 fully saturated rings. The van der Waals surface area contributed by atoms with Gasteiger partial charge in [0.15, 0.2) is 0 Å². The summed E-state index contributed by atoms with van der Waals surface area (Å²) in [6.07, 6.45) is 1.69. The van der Waals surface area contributed by atoms with Crippen LogP contribution in [-0.2, 0) is 9.59 Å². The lowest BCUT2D eigenvalue weighted by Crippen LogP contribution is -2.35. The predicted molar refractivity (Wildman–Crippen MR) is 123 cm³/mol. The number of hydrogen-bond acceptors (Lipinski definition) is 2. The van der Waals surface area contributed by atoms with Crippen molar-refractivity contribution in [2.75, 3.05) is 5.01 Å². The summed E-state index contributed by atoms with van der Waals surface area (Å²) in [5, 5.41) is 3.60. The van der Waals surface area contributed by atoms with Crippen molar-refractivity contribution >= 4 is 34.4 Å². The van der Waals surface area contributed by atoms with E-state index < -0.39 is 5.91 Å². The maximum Gasteiger partial charge on any atom is 0.282 e. The molecule has 2 amide bonds. The number of aryl methyl sites for hydroxylation is 1. The molecule has 0 radical (unpaired) electrons. The van der Waals surface area contributed by atoms with Crippen LogP contribution in [-0.4, -0.2) is 16.4 Å². The first kappa shape index (κ1) is 18.9. The van der Waals surface area contributed by atoms with Crippen molar-refractivity contribution in [3.63, 3.8) is 0 Å². The van der Waals surface area contributed by atoms with E-state index >= 15 is 0 Å². The third kappa shape index (κ3) is 3.11. The Hall–Kier alpha value is -4.12. The number of nitrogens with one attached hydrogen (secondary N) is 1. The topological polar surface area (TPSA) is 54.3 Å². The number of anilines is 1. The molecule has 0 bridgehead atoms. The van der Waals surface area contributed by atoms with E-state index in [1.807, 2.05) is 56.3 Å². The molecule has 1 aliphatic heterocycles. The van der Waals surface area contributed by atoms with Gasteiger partial charge in [0.2, 0.25) is 0 Å². The number of para-hydroxylation sites is 1. The monoisotopic (exact) mass is 407 g/mol. The molecule has 1 N–H and O–H groups in total. The smallest absolute Gasteiger partial charge is 0.282 e. The van der Waals surface area contributed by atoms with E-state index in [2.05, 4.69) is 34.3 Å². The Kier molecular flexibility index (Phi) is 4.44. The molecular weight excluding hydrogens is 386 g/mol. The number of rotatable bonds is 3. The van der Waals surface area contributed by atoms with Crippen molar-refractivity contribution in [2.45, 2.75) is 13.8 Å². The molecule has 0 atom stereocenters. The number of fused-ring (bicyclic) bond motifs is 1. The second kappa shape index (κ2) is 7.29. The highest BCUT2D eigenvalue weighted by molar-refractivity contribution is 6.31. The molecular formula is C26H21N3O2. The number of amides is 2. The van der Waals surface area contributed by atoms with Crippen molar-refractivity contribution in [1.29, 1.82) is 0 Å². The summed E-state index contributed by atoms with van der Waals surface area (Å²) in [5.41, 5.74) is 7.34. The Balaban J connectivity index is 1.58. The fourth-order valence-corrected chi connectivity index (χ4v) is 4.18. The van der Waals surface area contributed by atoms with Crippen LogP contribution in [0.3, 0.4) is 0 Å². The van der Waals surface area contributed by atoms with Crippen LogP contribution in [0.1, 0.15) is 17.0 Å². The molecule has 5 rings (SSSR count). The van der Waals surface area contributed by atoms with Gasteiger partial charge in [0.25, 0.3) is 11.8 Å². The van der Waals surface area contributed by atoms with E-state index in [4.69, 9.17) is 0 Å². The third-order valence-corrected chi connectivity index (χ3v) is 5.68. The van der Waals surface area contributed by atoms with Crippen molar-refractivity contribution in [1.82, 2.24) is 9.99 Å². The Morgan fingerprint density at radius 3 is 2.35 bits per heavy atom. The van der Waals surface area contributed by atoms with Crippen LogP contribution >= 0.6 is 0 Å². The number of hydrogen-bond donors (Lipinski definition) is 1. The van der Waals surface area contributed by atoms with Crippen LogP contribution in [0.25, 0.3) is 22.5 Å². The van der Waals surface area contributed by atoms with Gasteiger partial charge in [-0.2, -0.15) is 0 Å². The molecule has 1 saturated heterocycles. The zero-order valence-electron chi connectivity index (χ0n) is 17.3. The minimum absolute atomic E-state index is 0.127. The van der Waals surface area contributed by atoms with E-state index in [0.29, 0.717) is 5.69 Å². The Morgan fingerprint density at radius 2 is 1.55 bits per heavy atom. The summed E-state index contributed by atoms with van der Waals surface area (Å²) >= 11 is 0. The molecule has 0 spiro atoms. The number of carbonyl (C=O) groups is 2. The van der Waals surface area contributed by atoms with Gasteiger partial charge >= 0.3 is 0 Å². The highest BCUT2D eigenvalue weighted by atomic mass is 16.2. The number of benzene rings is 3. The molecule has 2 heterocycles. The SMILES string of the molecule is Cc1cc(/C=C2/C(=O)NN(c3ccccc3)C2=O)c(C)n1-c1cccc2ccccc12. The van der Waals surface area contributed by atoms with Crippen LogP contribution in [0.5, 0.6) is 0 Å². The van der Waals surface area contributed by atoms with E-state index in [-0.39, 0.29) is 11.5 Å². The summed E-state index contributed by atoms with van der Waals surface area (Å²) in [5.74, 6) is -0.755. The number of carbonyl (C=O) groups excluding carboxylic acids is 2. The molecule has 5 heteroatoms. The van der Waals surface area contributed by atoms with Gasteiger partial charge in [0.1, 0.15) is 5.57 Å². The number of nitrogens with zero attached hydrogens (tertiary/aromatic N) is 2. The van der Waals surface area contributed by atoms with Crippen molar-refractivity contribution in [2.24, 2.45) is 0 Å². The molecule has 31 heavy (non-hydrogen) atoms. The quantitative estimate of drug-likeness (QED) is 0.395. The predicted octanol–water partition coefficient (Wildman–Crippen LogP) is 4.71. The van der Waals surface area contributed by atoms with Crippen LogP contribution in [0.2, 0.25) is 0 Å². The largest absolute Gasteiger partial charge is 0.317 e. The van der Waals surface area contributed by atoms with Crippen molar-refractivity contribution in [3.8, 4) is 5.69 Å². The zero-order chi connectivity index (χ0) is 21.5. The molecule has 1 aliphatic rings. The Labute approximate surface area is 180 Å². The highest BCUT2D eigenvalue weighted by Gasteiger charge is 2.34. The first-order valence-electron chi connectivity index (χ1n) is 10.1. The molecule has 0 aliphatic carbocycles. The van der Waals surface area contributed by atoms with Gasteiger partial charge in [-0.15, -0.1) is 0 Å². The molecule has 0 unspecified atom stereocenters. The minimum Gasteiger partial charge on any atom is -0.317 e. The van der Waals surface area contributed by atoms with Crippen LogP contribution in [0, 0.1) is 13.8 Å². The summed E-state index contributed by atoms with van der Waals surface area (Å²) in [4.78, 5) is 25.5. The second-order valence-electron chi connectivity index (χ2n) is 7.64. The lowest BCUT2D eigenvalue weighted by atomic mass is 10.1. The van der Waals surface area contributed by atoms with Crippen LogP contribution in [0.15, 0.2) is 84.4 Å². The summed E-state index contributed by atoms with van der Waals surface area (Å²) < 4.78 is 2.17.